The fraction of sp³-hybridized carbons (Fsp3) is 0.250. The first-order chi connectivity index (χ1) is 19.2. The Morgan fingerprint density at radius 1 is 1.25 bits per heavy atom. The van der Waals surface area contributed by atoms with Crippen molar-refractivity contribution < 1.29 is 19.1 Å². The lowest BCUT2D eigenvalue weighted by Crippen LogP contribution is -2.46. The molecular formula is C28H27ClFN7O3. The molecule has 0 saturated carbocycles. The standard InChI is InChI=1S/C28H27ClFN7O3/c1-15-5-4-6-17(11-15)21(14-38)33-26(39)16(2)37-13-18-7-8-19(24(30)23(18)27(37)40)25-20(29)12-31-28(35-25)34-22-9-10-32-36(22)3/h4-12,16,21,38H,13-14H2,1-3H3,(H,33,39)(H,31,34,35)/t16-,21-/m1/s1. The van der Waals surface area contributed by atoms with Gasteiger partial charge in [-0.2, -0.15) is 5.10 Å². The molecule has 2 aromatic heterocycles. The van der Waals surface area contributed by atoms with Gasteiger partial charge in [0.25, 0.3) is 5.91 Å². The van der Waals surface area contributed by atoms with Gasteiger partial charge in [-0.05, 0) is 31.0 Å². The molecule has 12 heteroatoms. The van der Waals surface area contributed by atoms with Crippen LogP contribution in [0.2, 0.25) is 5.02 Å². The monoisotopic (exact) mass is 563 g/mol. The van der Waals surface area contributed by atoms with Crippen molar-refractivity contribution in [1.29, 1.82) is 0 Å². The number of fused-ring (bicyclic) bond motifs is 1. The van der Waals surface area contributed by atoms with E-state index in [2.05, 4.69) is 25.7 Å². The largest absolute Gasteiger partial charge is 0.394 e. The second kappa shape index (κ2) is 11.0. The lowest BCUT2D eigenvalue weighted by molar-refractivity contribution is -0.126. The van der Waals surface area contributed by atoms with Crippen molar-refractivity contribution in [3.05, 3.63) is 88.0 Å². The van der Waals surface area contributed by atoms with Crippen molar-refractivity contribution in [2.75, 3.05) is 11.9 Å². The number of nitrogens with zero attached hydrogens (tertiary/aromatic N) is 5. The number of hydrogen-bond donors (Lipinski definition) is 3. The van der Waals surface area contributed by atoms with E-state index in [1.54, 1.807) is 37.0 Å². The summed E-state index contributed by atoms with van der Waals surface area (Å²) >= 11 is 6.34. The molecule has 0 bridgehead atoms. The molecule has 10 nitrogen and oxygen atoms in total. The zero-order chi connectivity index (χ0) is 28.6. The van der Waals surface area contributed by atoms with Gasteiger partial charge in [0.1, 0.15) is 17.7 Å². The number of aliphatic hydroxyl groups excluding tert-OH is 1. The average Bonchev–Trinajstić information content (AvgIpc) is 3.50. The lowest BCUT2D eigenvalue weighted by atomic mass is 10.0. The van der Waals surface area contributed by atoms with Crippen molar-refractivity contribution in [3.63, 3.8) is 0 Å². The van der Waals surface area contributed by atoms with E-state index in [1.165, 1.54) is 17.2 Å². The molecule has 0 unspecified atom stereocenters. The maximum absolute atomic E-state index is 15.9. The number of aliphatic hydroxyl groups is 1. The zero-order valence-electron chi connectivity index (χ0n) is 22.0. The SMILES string of the molecule is Cc1cccc([C@@H](CO)NC(=O)[C@@H](C)N2Cc3ccc(-c4nc(Nc5ccnn5C)ncc4Cl)c(F)c3C2=O)c1. The quantitative estimate of drug-likeness (QED) is 0.297. The first-order valence-electron chi connectivity index (χ1n) is 12.6. The highest BCUT2D eigenvalue weighted by molar-refractivity contribution is 6.33. The van der Waals surface area contributed by atoms with Crippen LogP contribution in [0, 0.1) is 12.7 Å². The van der Waals surface area contributed by atoms with Crippen LogP contribution < -0.4 is 10.6 Å². The molecule has 40 heavy (non-hydrogen) atoms. The number of nitrogens with one attached hydrogen (secondary N) is 2. The summed E-state index contributed by atoms with van der Waals surface area (Å²) in [5.41, 5.74) is 2.19. The van der Waals surface area contributed by atoms with Crippen LogP contribution in [0.5, 0.6) is 0 Å². The summed E-state index contributed by atoms with van der Waals surface area (Å²) in [6, 6.07) is 10.7. The molecule has 0 spiro atoms. The molecule has 3 N–H and O–H groups in total. The van der Waals surface area contributed by atoms with Crippen LogP contribution in [0.3, 0.4) is 0 Å². The Bertz CT molecular complexity index is 1610. The maximum atomic E-state index is 15.9. The molecule has 3 heterocycles. The van der Waals surface area contributed by atoms with Crippen LogP contribution in [-0.2, 0) is 18.4 Å². The van der Waals surface area contributed by atoms with Gasteiger partial charge in [0.2, 0.25) is 11.9 Å². The summed E-state index contributed by atoms with van der Waals surface area (Å²) in [7, 11) is 1.74. The van der Waals surface area contributed by atoms with Gasteiger partial charge in [-0.15, -0.1) is 0 Å². The molecule has 206 valence electrons. The van der Waals surface area contributed by atoms with Crippen molar-refractivity contribution in [1.82, 2.24) is 30.0 Å². The van der Waals surface area contributed by atoms with Crippen molar-refractivity contribution in [2.45, 2.75) is 32.5 Å². The minimum absolute atomic E-state index is 0.0336. The maximum Gasteiger partial charge on any atom is 0.258 e. The highest BCUT2D eigenvalue weighted by atomic mass is 35.5. The number of benzene rings is 2. The topological polar surface area (TPSA) is 125 Å². The van der Waals surface area contributed by atoms with Crippen LogP contribution in [0.1, 0.15) is 40.0 Å². The van der Waals surface area contributed by atoms with Crippen molar-refractivity contribution in [3.8, 4) is 11.3 Å². The number of halogens is 2. The third-order valence-corrected chi connectivity index (χ3v) is 7.17. The number of anilines is 2. The number of carbonyl (C=O) groups excluding carboxylic acids is 2. The van der Waals surface area contributed by atoms with E-state index >= 15 is 4.39 Å². The minimum Gasteiger partial charge on any atom is -0.394 e. The molecule has 2 aromatic carbocycles. The summed E-state index contributed by atoms with van der Waals surface area (Å²) in [5.74, 6) is -1.07. The first-order valence-corrected chi connectivity index (χ1v) is 12.9. The second-order valence-corrected chi connectivity index (χ2v) is 9.99. The number of amides is 2. The summed E-state index contributed by atoms with van der Waals surface area (Å²) in [4.78, 5) is 36.3. The third-order valence-electron chi connectivity index (χ3n) is 6.89. The number of hydrogen-bond acceptors (Lipinski definition) is 7. The Morgan fingerprint density at radius 2 is 2.05 bits per heavy atom. The Kier molecular flexibility index (Phi) is 7.51. The number of aromatic nitrogens is 4. The van der Waals surface area contributed by atoms with Crippen LogP contribution >= 0.6 is 11.6 Å². The number of aryl methyl sites for hydroxylation is 2. The summed E-state index contributed by atoms with van der Waals surface area (Å²) in [6.45, 7) is 3.22. The molecule has 2 atom stereocenters. The minimum atomic E-state index is -0.918. The van der Waals surface area contributed by atoms with E-state index in [0.29, 0.717) is 11.4 Å². The number of rotatable bonds is 8. The summed E-state index contributed by atoms with van der Waals surface area (Å²) in [6.07, 6.45) is 2.95. The van der Waals surface area contributed by atoms with E-state index < -0.39 is 29.7 Å². The Morgan fingerprint density at radius 3 is 2.75 bits per heavy atom. The fourth-order valence-corrected chi connectivity index (χ4v) is 4.85. The van der Waals surface area contributed by atoms with Crippen LogP contribution in [0.25, 0.3) is 11.3 Å². The molecular weight excluding hydrogens is 537 g/mol. The zero-order valence-corrected chi connectivity index (χ0v) is 22.8. The summed E-state index contributed by atoms with van der Waals surface area (Å²) in [5, 5.41) is 19.9. The Hall–Kier alpha value is -4.35. The van der Waals surface area contributed by atoms with E-state index in [4.69, 9.17) is 11.6 Å². The Labute approximate surface area is 234 Å². The van der Waals surface area contributed by atoms with Crippen LogP contribution in [0.4, 0.5) is 16.2 Å². The second-order valence-electron chi connectivity index (χ2n) is 9.58. The Balaban J connectivity index is 1.38. The molecule has 0 fully saturated rings. The van der Waals surface area contributed by atoms with Gasteiger partial charge in [0.15, 0.2) is 0 Å². The first kappa shape index (κ1) is 27.2. The van der Waals surface area contributed by atoms with Crippen LogP contribution in [-0.4, -0.2) is 54.2 Å². The lowest BCUT2D eigenvalue weighted by Gasteiger charge is -2.26. The van der Waals surface area contributed by atoms with Gasteiger partial charge in [-0.1, -0.05) is 47.5 Å². The van der Waals surface area contributed by atoms with E-state index in [-0.39, 0.29) is 40.9 Å². The molecule has 1 aliphatic heterocycles. The third kappa shape index (κ3) is 5.13. The average molecular weight is 564 g/mol. The normalized spacial score (nSPS) is 14.2. The van der Waals surface area contributed by atoms with Crippen molar-refractivity contribution in [2.24, 2.45) is 7.05 Å². The van der Waals surface area contributed by atoms with E-state index in [0.717, 1.165) is 11.1 Å². The molecule has 1 aliphatic rings. The number of carbonyl (C=O) groups is 2. The van der Waals surface area contributed by atoms with E-state index in [1.807, 2.05) is 31.2 Å². The predicted molar refractivity (Wildman–Crippen MR) is 147 cm³/mol. The molecule has 0 saturated heterocycles. The van der Waals surface area contributed by atoms with Gasteiger partial charge < -0.3 is 20.6 Å². The van der Waals surface area contributed by atoms with Gasteiger partial charge in [0.05, 0.1) is 41.3 Å². The summed E-state index contributed by atoms with van der Waals surface area (Å²) < 4.78 is 17.5. The molecule has 5 rings (SSSR count). The molecule has 2 amide bonds. The highest BCUT2D eigenvalue weighted by Gasteiger charge is 2.37. The van der Waals surface area contributed by atoms with Gasteiger partial charge in [0, 0.05) is 25.2 Å². The van der Waals surface area contributed by atoms with Crippen LogP contribution in [0.15, 0.2) is 54.9 Å². The molecule has 0 aliphatic carbocycles. The van der Waals surface area contributed by atoms with Gasteiger partial charge in [-0.3, -0.25) is 14.3 Å². The predicted octanol–water partition coefficient (Wildman–Crippen LogP) is 3.92. The van der Waals surface area contributed by atoms with Gasteiger partial charge >= 0.3 is 0 Å². The smallest absolute Gasteiger partial charge is 0.258 e. The fourth-order valence-electron chi connectivity index (χ4n) is 4.66. The van der Waals surface area contributed by atoms with E-state index in [9.17, 15) is 14.7 Å². The molecule has 0 radical (unpaired) electrons. The molecule has 4 aromatic rings. The highest BCUT2D eigenvalue weighted by Crippen LogP contribution is 2.35. The van der Waals surface area contributed by atoms with Crippen molar-refractivity contribution >= 4 is 35.2 Å². The van der Waals surface area contributed by atoms with Gasteiger partial charge in [-0.25, -0.2) is 14.4 Å².